The second-order valence-electron chi connectivity index (χ2n) is 10.1. The van der Waals surface area contributed by atoms with Crippen molar-refractivity contribution < 1.29 is 37.1 Å². The Bertz CT molecular complexity index is 1580. The summed E-state index contributed by atoms with van der Waals surface area (Å²) in [6.45, 7) is -1.46. The highest BCUT2D eigenvalue weighted by molar-refractivity contribution is 6.06. The van der Waals surface area contributed by atoms with E-state index < -0.39 is 42.6 Å². The first-order chi connectivity index (χ1) is 20.0. The molecule has 13 heteroatoms. The summed E-state index contributed by atoms with van der Waals surface area (Å²) in [5.74, 6) is -2.66. The van der Waals surface area contributed by atoms with Crippen LogP contribution in [-0.2, 0) is 50.5 Å². The lowest BCUT2D eigenvalue weighted by Gasteiger charge is -2.24. The Hall–Kier alpha value is -4.94. The van der Waals surface area contributed by atoms with Gasteiger partial charge in [0.05, 0.1) is 12.5 Å². The van der Waals surface area contributed by atoms with Gasteiger partial charge >= 0.3 is 18.2 Å². The zero-order chi connectivity index (χ0) is 30.1. The van der Waals surface area contributed by atoms with Gasteiger partial charge in [-0.05, 0) is 53.3 Å². The van der Waals surface area contributed by atoms with E-state index in [1.807, 2.05) is 6.07 Å². The van der Waals surface area contributed by atoms with E-state index in [1.54, 1.807) is 48.7 Å². The van der Waals surface area contributed by atoms with E-state index in [0.29, 0.717) is 40.4 Å². The molecule has 4 amide bonds. The number of carbonyl (C=O) groups is 4. The molecule has 0 radical (unpaired) electrons. The molecule has 2 heterocycles. The minimum Gasteiger partial charge on any atom is -0.453 e. The number of alkyl carbamates (subject to hydrolysis) is 1. The van der Waals surface area contributed by atoms with Crippen LogP contribution in [0, 0.1) is 0 Å². The number of pyridine rings is 1. The summed E-state index contributed by atoms with van der Waals surface area (Å²) in [6.07, 6.45) is -3.54. The maximum Gasteiger partial charge on any atom is 0.471 e. The van der Waals surface area contributed by atoms with Crippen LogP contribution in [0.1, 0.15) is 27.8 Å². The molecule has 42 heavy (non-hydrogen) atoms. The van der Waals surface area contributed by atoms with Crippen molar-refractivity contribution in [1.82, 2.24) is 15.2 Å². The lowest BCUT2D eigenvalue weighted by molar-refractivity contribution is -0.186. The molecule has 3 aromatic rings. The molecule has 10 nitrogen and oxygen atoms in total. The average molecular weight is 582 g/mol. The van der Waals surface area contributed by atoms with E-state index >= 15 is 0 Å². The largest absolute Gasteiger partial charge is 0.471 e. The van der Waals surface area contributed by atoms with Gasteiger partial charge in [0, 0.05) is 30.5 Å². The van der Waals surface area contributed by atoms with Crippen molar-refractivity contribution in [2.45, 2.75) is 37.5 Å². The molecule has 1 aromatic heterocycles. The van der Waals surface area contributed by atoms with Gasteiger partial charge in [-0.15, -0.1) is 0 Å². The number of nitrogens with zero attached hydrogens (tertiary/aromatic N) is 2. The summed E-state index contributed by atoms with van der Waals surface area (Å²) in [5, 5.41) is 7.85. The molecule has 1 aliphatic heterocycles. The van der Waals surface area contributed by atoms with Crippen molar-refractivity contribution in [2.24, 2.45) is 0 Å². The fraction of sp³-hybridized carbons (Fsp3) is 0.276. The van der Waals surface area contributed by atoms with Gasteiger partial charge in [0.15, 0.2) is 0 Å². The van der Waals surface area contributed by atoms with Crippen molar-refractivity contribution >= 4 is 35.3 Å². The number of hydrogen-bond acceptors (Lipinski definition) is 6. The lowest BCUT2D eigenvalue weighted by atomic mass is 9.79. The molecule has 218 valence electrons. The summed E-state index contributed by atoms with van der Waals surface area (Å²) in [4.78, 5) is 54.3. The number of carbonyl (C=O) groups excluding carboxylic acids is 4. The third kappa shape index (κ3) is 5.62. The van der Waals surface area contributed by atoms with Crippen LogP contribution >= 0.6 is 0 Å². The summed E-state index contributed by atoms with van der Waals surface area (Å²) in [5.41, 5.74) is 2.78. The number of amides is 4. The Morgan fingerprint density at radius 3 is 2.52 bits per heavy atom. The maximum absolute atomic E-state index is 13.5. The number of nitrogens with one attached hydrogen (secondary N) is 3. The summed E-state index contributed by atoms with van der Waals surface area (Å²) in [7, 11) is 1.17. The maximum atomic E-state index is 13.5. The Morgan fingerprint density at radius 2 is 1.79 bits per heavy atom. The highest BCUT2D eigenvalue weighted by atomic mass is 19.4. The predicted octanol–water partition coefficient (Wildman–Crippen LogP) is 3.46. The number of benzene rings is 2. The number of rotatable bonds is 7. The Labute approximate surface area is 238 Å². The number of aromatic nitrogens is 1. The molecule has 1 spiro atoms. The molecular weight excluding hydrogens is 555 g/mol. The zero-order valence-electron chi connectivity index (χ0n) is 22.4. The minimum absolute atomic E-state index is 0.0573. The van der Waals surface area contributed by atoms with Gasteiger partial charge in [-0.3, -0.25) is 14.4 Å². The van der Waals surface area contributed by atoms with Crippen LogP contribution in [0.25, 0.3) is 0 Å². The second kappa shape index (κ2) is 11.1. The van der Waals surface area contributed by atoms with E-state index in [-0.39, 0.29) is 12.5 Å². The van der Waals surface area contributed by atoms with Crippen LogP contribution in [0.2, 0.25) is 0 Å². The number of methoxy groups -OCH3 is 1. The van der Waals surface area contributed by atoms with Gasteiger partial charge in [-0.25, -0.2) is 9.78 Å². The van der Waals surface area contributed by atoms with E-state index in [2.05, 4.69) is 25.7 Å². The van der Waals surface area contributed by atoms with Crippen molar-refractivity contribution in [3.8, 4) is 0 Å². The standard InChI is InChI=1S/C29H26F3N5O5/c1-42-27(41)34-14-18-5-2-3-6-19(18)15-37(26(40)29(30,31)32)16-23(38)35-21-9-8-17-12-28(13-20(17)11-21)22-7-4-10-33-24(22)36-25(28)39/h2-11H,12-16H2,1H3,(H,34,41)(H,35,38)(H,33,36,39). The van der Waals surface area contributed by atoms with Gasteiger partial charge in [-0.1, -0.05) is 36.4 Å². The lowest BCUT2D eigenvalue weighted by Crippen LogP contribution is -2.44. The monoisotopic (exact) mass is 581 g/mol. The van der Waals surface area contributed by atoms with Gasteiger partial charge in [0.1, 0.15) is 12.4 Å². The molecule has 1 unspecified atom stereocenters. The van der Waals surface area contributed by atoms with E-state index in [4.69, 9.17) is 0 Å². The van der Waals surface area contributed by atoms with Gasteiger partial charge in [-0.2, -0.15) is 13.2 Å². The van der Waals surface area contributed by atoms with Crippen LogP contribution in [0.5, 0.6) is 0 Å². The molecule has 2 aromatic carbocycles. The van der Waals surface area contributed by atoms with Crippen LogP contribution in [-0.4, -0.2) is 53.5 Å². The number of anilines is 2. The fourth-order valence-corrected chi connectivity index (χ4v) is 5.43. The van der Waals surface area contributed by atoms with Crippen molar-refractivity contribution in [3.63, 3.8) is 0 Å². The minimum atomic E-state index is -5.21. The average Bonchev–Trinajstić information content (AvgIpc) is 3.47. The highest BCUT2D eigenvalue weighted by Crippen LogP contribution is 2.46. The molecular formula is C29H26F3N5O5. The Balaban J connectivity index is 1.31. The Kier molecular flexibility index (Phi) is 7.59. The quantitative estimate of drug-likeness (QED) is 0.392. The number of halogens is 3. The summed E-state index contributed by atoms with van der Waals surface area (Å²) in [6, 6.07) is 15.0. The molecule has 0 saturated heterocycles. The van der Waals surface area contributed by atoms with Gasteiger partial charge in [0.2, 0.25) is 11.8 Å². The van der Waals surface area contributed by atoms with E-state index in [9.17, 15) is 32.3 Å². The molecule has 0 saturated carbocycles. The molecule has 3 N–H and O–H groups in total. The number of alkyl halides is 3. The highest BCUT2D eigenvalue weighted by Gasteiger charge is 2.51. The third-order valence-corrected chi connectivity index (χ3v) is 7.42. The molecule has 0 fully saturated rings. The van der Waals surface area contributed by atoms with Crippen molar-refractivity contribution in [1.29, 1.82) is 0 Å². The smallest absolute Gasteiger partial charge is 0.453 e. The summed E-state index contributed by atoms with van der Waals surface area (Å²) >= 11 is 0. The SMILES string of the molecule is COC(=O)NCc1ccccc1CN(CC(=O)Nc1ccc2c(c1)CC1(C2)C(=O)Nc2ncccc21)C(=O)C(F)(F)F. The van der Waals surface area contributed by atoms with Crippen molar-refractivity contribution in [3.05, 3.63) is 88.6 Å². The normalized spacial score (nSPS) is 16.8. The van der Waals surface area contributed by atoms with Crippen LogP contribution < -0.4 is 16.0 Å². The molecule has 1 atom stereocenters. The molecule has 2 aliphatic rings. The van der Waals surface area contributed by atoms with E-state index in [1.165, 1.54) is 13.2 Å². The number of ether oxygens (including phenoxy) is 1. The first-order valence-corrected chi connectivity index (χ1v) is 12.9. The van der Waals surface area contributed by atoms with E-state index in [0.717, 1.165) is 16.7 Å². The predicted molar refractivity (Wildman–Crippen MR) is 144 cm³/mol. The Morgan fingerprint density at radius 1 is 1.05 bits per heavy atom. The summed E-state index contributed by atoms with van der Waals surface area (Å²) < 4.78 is 45.0. The molecule has 0 bridgehead atoms. The van der Waals surface area contributed by atoms with Crippen LogP contribution in [0.3, 0.4) is 0 Å². The first-order valence-electron chi connectivity index (χ1n) is 12.9. The molecule has 5 rings (SSSR count). The fourth-order valence-electron chi connectivity index (χ4n) is 5.43. The second-order valence-corrected chi connectivity index (χ2v) is 10.1. The van der Waals surface area contributed by atoms with Gasteiger partial charge < -0.3 is 25.6 Å². The number of hydrogen-bond donors (Lipinski definition) is 3. The first kappa shape index (κ1) is 28.6. The third-order valence-electron chi connectivity index (χ3n) is 7.42. The van der Waals surface area contributed by atoms with Gasteiger partial charge in [0.25, 0.3) is 0 Å². The molecule has 1 aliphatic carbocycles. The number of fused-ring (bicyclic) bond motifs is 3. The van der Waals surface area contributed by atoms with Crippen LogP contribution in [0.15, 0.2) is 60.8 Å². The van der Waals surface area contributed by atoms with Crippen molar-refractivity contribution in [2.75, 3.05) is 24.3 Å². The zero-order valence-corrected chi connectivity index (χ0v) is 22.4. The van der Waals surface area contributed by atoms with Crippen LogP contribution in [0.4, 0.5) is 29.5 Å². The topological polar surface area (TPSA) is 130 Å².